The van der Waals surface area contributed by atoms with Crippen molar-refractivity contribution in [3.05, 3.63) is 106 Å². The zero-order valence-corrected chi connectivity index (χ0v) is 24.8. The maximum Gasteiger partial charge on any atom is 0.336 e. The van der Waals surface area contributed by atoms with Crippen LogP contribution in [0.25, 0.3) is 11.1 Å². The van der Waals surface area contributed by atoms with E-state index in [-0.39, 0.29) is 23.9 Å². The molecule has 10 heteroatoms. The van der Waals surface area contributed by atoms with Gasteiger partial charge in [-0.3, -0.25) is 10.2 Å². The third-order valence-electron chi connectivity index (χ3n) is 7.73. The molecule has 0 radical (unpaired) electrons. The second kappa shape index (κ2) is 12.8. The molecule has 0 fully saturated rings. The summed E-state index contributed by atoms with van der Waals surface area (Å²) >= 11 is 0. The average Bonchev–Trinajstić information content (AvgIpc) is 3.44. The Kier molecular flexibility index (Phi) is 8.71. The van der Waals surface area contributed by atoms with Crippen LogP contribution in [0.1, 0.15) is 43.0 Å². The normalized spacial score (nSPS) is 11.9. The average molecular weight is 595 g/mol. The molecule has 1 aliphatic heterocycles. The third kappa shape index (κ3) is 6.29. The van der Waals surface area contributed by atoms with Gasteiger partial charge in [0.05, 0.1) is 26.9 Å². The van der Waals surface area contributed by atoms with Gasteiger partial charge in [-0.15, -0.1) is 0 Å². The number of nitrogen functional groups attached to an aromatic ring is 1. The second-order valence-electron chi connectivity index (χ2n) is 10.4. The lowest BCUT2D eigenvalue weighted by atomic mass is 9.92. The van der Waals surface area contributed by atoms with Gasteiger partial charge in [0.25, 0.3) is 5.91 Å². The van der Waals surface area contributed by atoms with Crippen LogP contribution < -0.4 is 30.2 Å². The SMILES string of the molecule is COc1cc(CNC(=O)c2ccc(CN3CCc4cc(C(=N)N)ccc43)c(-c3ccc(OC)cc3C(=O)O)c2)cc(OC)c1. The van der Waals surface area contributed by atoms with Crippen molar-refractivity contribution in [3.8, 4) is 28.4 Å². The summed E-state index contributed by atoms with van der Waals surface area (Å²) < 4.78 is 16.0. The maximum absolute atomic E-state index is 13.4. The van der Waals surface area contributed by atoms with E-state index in [1.807, 2.05) is 36.4 Å². The summed E-state index contributed by atoms with van der Waals surface area (Å²) in [6.07, 6.45) is 0.796. The van der Waals surface area contributed by atoms with E-state index in [4.69, 9.17) is 25.4 Å². The van der Waals surface area contributed by atoms with Crippen molar-refractivity contribution >= 4 is 23.4 Å². The molecule has 0 aromatic heterocycles. The number of nitrogens with two attached hydrogens (primary N) is 1. The van der Waals surface area contributed by atoms with Crippen LogP contribution in [0.2, 0.25) is 0 Å². The standard InChI is InChI=1S/C34H34N4O6/c1-42-25-7-8-28(30(17-25)34(40)41)29-15-23(33(39)37-18-20-12-26(43-2)16-27(13-20)44-3)4-5-24(29)19-38-11-10-21-14-22(32(35)36)6-9-31(21)38/h4-9,12-17H,10-11,18-19H2,1-3H3,(H3,35,36)(H,37,39)(H,40,41). The minimum absolute atomic E-state index is 0.0219. The van der Waals surface area contributed by atoms with Gasteiger partial charge in [-0.05, 0) is 94.9 Å². The number of methoxy groups -OCH3 is 3. The van der Waals surface area contributed by atoms with E-state index in [0.29, 0.717) is 46.0 Å². The molecule has 4 aromatic rings. The first-order valence-electron chi connectivity index (χ1n) is 14.0. The Bertz CT molecular complexity index is 1730. The molecule has 5 N–H and O–H groups in total. The zero-order valence-electron chi connectivity index (χ0n) is 24.8. The van der Waals surface area contributed by atoms with Crippen molar-refractivity contribution in [2.45, 2.75) is 19.5 Å². The first-order chi connectivity index (χ1) is 21.2. The van der Waals surface area contributed by atoms with E-state index in [1.54, 1.807) is 44.6 Å². The number of anilines is 1. The number of carboxylic acid groups (broad SMARTS) is 1. The molecular formula is C34H34N4O6. The minimum atomic E-state index is -1.10. The highest BCUT2D eigenvalue weighted by atomic mass is 16.5. The highest BCUT2D eigenvalue weighted by Gasteiger charge is 2.23. The molecule has 5 rings (SSSR count). The number of nitrogens with one attached hydrogen (secondary N) is 2. The van der Waals surface area contributed by atoms with E-state index in [0.717, 1.165) is 35.3 Å². The molecule has 0 saturated carbocycles. The number of carboxylic acids is 1. The number of aromatic carboxylic acids is 1. The molecule has 10 nitrogen and oxygen atoms in total. The number of nitrogens with zero attached hydrogens (tertiary/aromatic N) is 1. The van der Waals surface area contributed by atoms with E-state index >= 15 is 0 Å². The third-order valence-corrected chi connectivity index (χ3v) is 7.73. The maximum atomic E-state index is 13.4. The molecule has 0 atom stereocenters. The van der Waals surface area contributed by atoms with Crippen molar-refractivity contribution in [2.24, 2.45) is 5.73 Å². The Hall–Kier alpha value is -5.51. The lowest BCUT2D eigenvalue weighted by molar-refractivity contribution is 0.0697. The highest BCUT2D eigenvalue weighted by Crippen LogP contribution is 2.35. The Morgan fingerprint density at radius 1 is 0.864 bits per heavy atom. The lowest BCUT2D eigenvalue weighted by Gasteiger charge is -2.23. The molecule has 0 saturated heterocycles. The van der Waals surface area contributed by atoms with Crippen LogP contribution in [-0.4, -0.2) is 50.7 Å². The zero-order chi connectivity index (χ0) is 31.4. The fraction of sp³-hybridized carbons (Fsp3) is 0.206. The number of benzene rings is 4. The van der Waals surface area contributed by atoms with Crippen LogP contribution >= 0.6 is 0 Å². The van der Waals surface area contributed by atoms with Gasteiger partial charge in [-0.1, -0.05) is 6.07 Å². The summed E-state index contributed by atoms with van der Waals surface area (Å²) in [6.45, 7) is 1.47. The predicted octanol–water partition coefficient (Wildman–Crippen LogP) is 4.85. The Morgan fingerprint density at radius 2 is 1.57 bits per heavy atom. The molecule has 4 aromatic carbocycles. The first kappa shape index (κ1) is 30.0. The van der Waals surface area contributed by atoms with Gasteiger partial charge in [-0.2, -0.15) is 0 Å². The highest BCUT2D eigenvalue weighted by molar-refractivity contribution is 6.00. The number of hydrogen-bond acceptors (Lipinski definition) is 7. The van der Waals surface area contributed by atoms with Gasteiger partial charge < -0.3 is 35.3 Å². The van der Waals surface area contributed by atoms with Crippen molar-refractivity contribution in [1.82, 2.24) is 5.32 Å². The van der Waals surface area contributed by atoms with Crippen molar-refractivity contribution in [1.29, 1.82) is 5.41 Å². The Balaban J connectivity index is 1.50. The first-order valence-corrected chi connectivity index (χ1v) is 14.0. The summed E-state index contributed by atoms with van der Waals surface area (Å²) in [6, 6.07) is 21.4. The van der Waals surface area contributed by atoms with Crippen LogP contribution in [0.5, 0.6) is 17.2 Å². The number of carbonyl (C=O) groups excluding carboxylic acids is 1. The quantitative estimate of drug-likeness (QED) is 0.142. The number of fused-ring (bicyclic) bond motifs is 1. The van der Waals surface area contributed by atoms with E-state index in [9.17, 15) is 14.7 Å². The van der Waals surface area contributed by atoms with Crippen molar-refractivity contribution in [2.75, 3.05) is 32.8 Å². The molecule has 1 heterocycles. The van der Waals surface area contributed by atoms with Crippen LogP contribution in [0.15, 0.2) is 72.8 Å². The van der Waals surface area contributed by atoms with Crippen LogP contribution in [-0.2, 0) is 19.5 Å². The van der Waals surface area contributed by atoms with Gasteiger partial charge in [0.1, 0.15) is 23.1 Å². The molecule has 44 heavy (non-hydrogen) atoms. The smallest absolute Gasteiger partial charge is 0.336 e. The molecular weight excluding hydrogens is 560 g/mol. The van der Waals surface area contributed by atoms with Gasteiger partial charge in [0, 0.05) is 42.5 Å². The second-order valence-corrected chi connectivity index (χ2v) is 10.4. The topological polar surface area (TPSA) is 147 Å². The monoisotopic (exact) mass is 594 g/mol. The molecule has 0 unspecified atom stereocenters. The van der Waals surface area contributed by atoms with E-state index in [1.165, 1.54) is 13.2 Å². The summed E-state index contributed by atoms with van der Waals surface area (Å²) in [5.74, 6) is 0.255. The van der Waals surface area contributed by atoms with Gasteiger partial charge >= 0.3 is 5.97 Å². The van der Waals surface area contributed by atoms with Crippen molar-refractivity contribution in [3.63, 3.8) is 0 Å². The number of ether oxygens (including phenoxy) is 3. The molecule has 1 aliphatic rings. The largest absolute Gasteiger partial charge is 0.497 e. The summed E-state index contributed by atoms with van der Waals surface area (Å²) in [7, 11) is 4.61. The number of amides is 1. The summed E-state index contributed by atoms with van der Waals surface area (Å²) in [5, 5.41) is 20.8. The fourth-order valence-corrected chi connectivity index (χ4v) is 5.43. The van der Waals surface area contributed by atoms with E-state index in [2.05, 4.69) is 10.2 Å². The number of hydrogen-bond donors (Lipinski definition) is 4. The summed E-state index contributed by atoms with van der Waals surface area (Å²) in [5.41, 5.74) is 11.7. The molecule has 1 amide bonds. The van der Waals surface area contributed by atoms with E-state index < -0.39 is 5.97 Å². The van der Waals surface area contributed by atoms with Gasteiger partial charge in [0.15, 0.2) is 0 Å². The number of rotatable bonds is 11. The summed E-state index contributed by atoms with van der Waals surface area (Å²) in [4.78, 5) is 28.0. The molecule has 0 spiro atoms. The predicted molar refractivity (Wildman–Crippen MR) is 168 cm³/mol. The Morgan fingerprint density at radius 3 is 2.23 bits per heavy atom. The van der Waals surface area contributed by atoms with Crippen molar-refractivity contribution < 1.29 is 28.9 Å². The fourth-order valence-electron chi connectivity index (χ4n) is 5.43. The van der Waals surface area contributed by atoms with Crippen LogP contribution in [0.3, 0.4) is 0 Å². The minimum Gasteiger partial charge on any atom is -0.497 e. The molecule has 0 aliphatic carbocycles. The number of carbonyl (C=O) groups is 2. The Labute approximate surface area is 255 Å². The lowest BCUT2D eigenvalue weighted by Crippen LogP contribution is -2.24. The van der Waals surface area contributed by atoms with Crippen LogP contribution in [0.4, 0.5) is 5.69 Å². The van der Waals surface area contributed by atoms with Gasteiger partial charge in [0.2, 0.25) is 0 Å². The number of amidine groups is 1. The van der Waals surface area contributed by atoms with Gasteiger partial charge in [-0.25, -0.2) is 4.79 Å². The van der Waals surface area contributed by atoms with Crippen LogP contribution in [0, 0.1) is 5.41 Å². The molecule has 0 bridgehead atoms. The molecule has 226 valence electrons.